The fourth-order valence-electron chi connectivity index (χ4n) is 5.79. The SMILES string of the molecule is C=C(CCCCCC1CCCCC1)CC1C=CC(CCc2ccccc2)=CC1.CN.CN1CCCC1. The van der Waals surface area contributed by atoms with Crippen LogP contribution in [0.25, 0.3) is 0 Å². The summed E-state index contributed by atoms with van der Waals surface area (Å²) in [6, 6.07) is 10.8. The summed E-state index contributed by atoms with van der Waals surface area (Å²) in [6.45, 7) is 7.02. The fourth-order valence-corrected chi connectivity index (χ4v) is 5.79. The van der Waals surface area contributed by atoms with Crippen molar-refractivity contribution >= 4 is 0 Å². The number of benzene rings is 1. The predicted molar refractivity (Wildman–Crippen MR) is 160 cm³/mol. The zero-order valence-electron chi connectivity index (χ0n) is 23.7. The molecule has 2 N–H and O–H groups in total. The highest BCUT2D eigenvalue weighted by atomic mass is 15.1. The van der Waals surface area contributed by atoms with E-state index >= 15 is 0 Å². The summed E-state index contributed by atoms with van der Waals surface area (Å²) in [5, 5.41) is 0. The number of hydrogen-bond acceptors (Lipinski definition) is 2. The van der Waals surface area contributed by atoms with E-state index in [-0.39, 0.29) is 0 Å². The lowest BCUT2D eigenvalue weighted by atomic mass is 9.85. The fraction of sp³-hybridized carbons (Fsp3) is 0.647. The van der Waals surface area contributed by atoms with Gasteiger partial charge < -0.3 is 10.6 Å². The van der Waals surface area contributed by atoms with E-state index in [1.165, 1.54) is 127 Å². The van der Waals surface area contributed by atoms with Crippen molar-refractivity contribution in [3.8, 4) is 0 Å². The summed E-state index contributed by atoms with van der Waals surface area (Å²) in [6.07, 6.45) is 29.1. The maximum Gasteiger partial charge on any atom is -0.00213 e. The Morgan fingerprint density at radius 1 is 0.917 bits per heavy atom. The van der Waals surface area contributed by atoms with E-state index in [1.807, 2.05) is 0 Å². The second-order valence-corrected chi connectivity index (χ2v) is 11.2. The number of allylic oxidation sites excluding steroid dienone is 5. The molecular weight excluding hydrogens is 436 g/mol. The standard InChI is InChI=1S/C28H40.C5H11N.CH5N/c1-24(11-5-2-6-12-25-13-7-3-8-14-25)23-28-21-19-27(20-22-28)18-17-26-15-9-4-10-16-26;1-6-4-2-3-5-6;1-2/h4,9-10,15-16,19-21,25,28H,1-3,5-8,11-14,17-18,22-23H2;2-5H2,1H3;2H2,1H3. The largest absolute Gasteiger partial charge is 0.333 e. The molecule has 0 spiro atoms. The summed E-state index contributed by atoms with van der Waals surface area (Å²) < 4.78 is 0. The molecule has 0 bridgehead atoms. The highest BCUT2D eigenvalue weighted by Crippen LogP contribution is 2.29. The van der Waals surface area contributed by atoms with Crippen LogP contribution in [0.2, 0.25) is 0 Å². The van der Waals surface area contributed by atoms with E-state index in [0.717, 1.165) is 18.8 Å². The van der Waals surface area contributed by atoms with Gasteiger partial charge in [-0.3, -0.25) is 0 Å². The highest BCUT2D eigenvalue weighted by molar-refractivity contribution is 5.26. The Bertz CT molecular complexity index is 736. The minimum Gasteiger partial charge on any atom is -0.333 e. The Hall–Kier alpha value is -1.64. The van der Waals surface area contributed by atoms with Gasteiger partial charge in [0.1, 0.15) is 0 Å². The van der Waals surface area contributed by atoms with Gasteiger partial charge in [-0.15, -0.1) is 0 Å². The van der Waals surface area contributed by atoms with Crippen LogP contribution in [0.15, 0.2) is 66.3 Å². The first-order chi connectivity index (χ1) is 17.7. The number of rotatable bonds is 11. The van der Waals surface area contributed by atoms with Crippen LogP contribution in [0.3, 0.4) is 0 Å². The first-order valence-electron chi connectivity index (χ1n) is 15.0. The van der Waals surface area contributed by atoms with Crippen LogP contribution < -0.4 is 5.73 Å². The van der Waals surface area contributed by atoms with Gasteiger partial charge in [0.05, 0.1) is 0 Å². The summed E-state index contributed by atoms with van der Waals surface area (Å²) in [4.78, 5) is 2.36. The number of hydrogen-bond donors (Lipinski definition) is 1. The number of likely N-dealkylation sites (tertiary alicyclic amines) is 1. The van der Waals surface area contributed by atoms with Gasteiger partial charge in [-0.25, -0.2) is 0 Å². The predicted octanol–water partition coefficient (Wildman–Crippen LogP) is 8.89. The summed E-state index contributed by atoms with van der Waals surface area (Å²) >= 11 is 0. The van der Waals surface area contributed by atoms with Crippen molar-refractivity contribution in [2.75, 3.05) is 27.2 Å². The van der Waals surface area contributed by atoms with Crippen LogP contribution in [0, 0.1) is 11.8 Å². The van der Waals surface area contributed by atoms with Crippen LogP contribution in [-0.4, -0.2) is 32.1 Å². The smallest absolute Gasteiger partial charge is 0.00213 e. The lowest BCUT2D eigenvalue weighted by Crippen LogP contribution is -2.10. The van der Waals surface area contributed by atoms with Crippen molar-refractivity contribution < 1.29 is 0 Å². The Morgan fingerprint density at radius 3 is 2.25 bits per heavy atom. The molecule has 1 aliphatic heterocycles. The summed E-state index contributed by atoms with van der Waals surface area (Å²) in [5.41, 5.74) is 8.91. The average Bonchev–Trinajstić information content (AvgIpc) is 3.42. The van der Waals surface area contributed by atoms with Gasteiger partial charge >= 0.3 is 0 Å². The molecular formula is C34H56N2. The minimum absolute atomic E-state index is 0.676. The number of unbranched alkanes of at least 4 members (excludes halogenated alkanes) is 2. The van der Waals surface area contributed by atoms with Crippen molar-refractivity contribution in [2.24, 2.45) is 17.6 Å². The zero-order chi connectivity index (χ0) is 25.8. The number of aryl methyl sites for hydroxylation is 1. The number of nitrogens with zero attached hydrogens (tertiary/aromatic N) is 1. The summed E-state index contributed by atoms with van der Waals surface area (Å²) in [5.74, 6) is 1.72. The third kappa shape index (κ3) is 13.6. The van der Waals surface area contributed by atoms with Gasteiger partial charge in [0.2, 0.25) is 0 Å². The van der Waals surface area contributed by atoms with Crippen molar-refractivity contribution in [1.29, 1.82) is 0 Å². The molecule has 36 heavy (non-hydrogen) atoms. The molecule has 0 aromatic heterocycles. The lowest BCUT2D eigenvalue weighted by molar-refractivity contribution is 0.328. The third-order valence-electron chi connectivity index (χ3n) is 8.06. The van der Waals surface area contributed by atoms with Gasteiger partial charge in [0.15, 0.2) is 0 Å². The van der Waals surface area contributed by atoms with Crippen molar-refractivity contribution in [3.63, 3.8) is 0 Å². The van der Waals surface area contributed by atoms with E-state index in [9.17, 15) is 0 Å². The molecule has 1 aromatic rings. The highest BCUT2D eigenvalue weighted by Gasteiger charge is 2.13. The van der Waals surface area contributed by atoms with Crippen LogP contribution in [0.1, 0.15) is 102 Å². The maximum absolute atomic E-state index is 4.50. The van der Waals surface area contributed by atoms with E-state index in [2.05, 4.69) is 72.8 Å². The molecule has 0 radical (unpaired) electrons. The Morgan fingerprint density at radius 2 is 1.64 bits per heavy atom. The molecule has 2 fully saturated rings. The van der Waals surface area contributed by atoms with E-state index in [0.29, 0.717) is 5.92 Å². The van der Waals surface area contributed by atoms with Crippen LogP contribution in [0.4, 0.5) is 0 Å². The second kappa shape index (κ2) is 19.5. The lowest BCUT2D eigenvalue weighted by Gasteiger charge is -2.21. The average molecular weight is 493 g/mol. The van der Waals surface area contributed by atoms with Crippen LogP contribution in [0.5, 0.6) is 0 Å². The quantitative estimate of drug-likeness (QED) is 0.247. The monoisotopic (exact) mass is 492 g/mol. The van der Waals surface area contributed by atoms with Crippen LogP contribution >= 0.6 is 0 Å². The van der Waals surface area contributed by atoms with E-state index < -0.39 is 0 Å². The molecule has 0 amide bonds. The molecule has 2 heteroatoms. The summed E-state index contributed by atoms with van der Waals surface area (Å²) in [7, 11) is 3.67. The van der Waals surface area contributed by atoms with Crippen molar-refractivity contribution in [2.45, 2.75) is 103 Å². The molecule has 1 atom stereocenters. The molecule has 3 aliphatic rings. The molecule has 2 aliphatic carbocycles. The van der Waals surface area contributed by atoms with Gasteiger partial charge in [-0.2, -0.15) is 0 Å². The van der Waals surface area contributed by atoms with Crippen LogP contribution in [-0.2, 0) is 6.42 Å². The van der Waals surface area contributed by atoms with Crippen molar-refractivity contribution in [3.05, 3.63) is 71.8 Å². The maximum atomic E-state index is 4.50. The van der Waals surface area contributed by atoms with Crippen molar-refractivity contribution in [1.82, 2.24) is 4.90 Å². The minimum atomic E-state index is 0.676. The molecule has 1 saturated heterocycles. The van der Waals surface area contributed by atoms with Gasteiger partial charge in [0, 0.05) is 0 Å². The first kappa shape index (κ1) is 30.6. The molecule has 202 valence electrons. The Balaban J connectivity index is 0.000000491. The first-order valence-corrected chi connectivity index (χ1v) is 15.0. The Kier molecular flexibility index (Phi) is 16.5. The zero-order valence-corrected chi connectivity index (χ0v) is 23.7. The molecule has 4 rings (SSSR count). The third-order valence-corrected chi connectivity index (χ3v) is 8.06. The van der Waals surface area contributed by atoms with Gasteiger partial charge in [0.25, 0.3) is 0 Å². The van der Waals surface area contributed by atoms with Gasteiger partial charge in [-0.05, 0) is 96.0 Å². The Labute approximate surface area is 224 Å². The second-order valence-electron chi connectivity index (χ2n) is 11.2. The normalized spacial score (nSPS) is 20.1. The molecule has 2 nitrogen and oxygen atoms in total. The molecule has 1 saturated carbocycles. The van der Waals surface area contributed by atoms with E-state index in [1.54, 1.807) is 0 Å². The molecule has 1 aromatic carbocycles. The van der Waals surface area contributed by atoms with E-state index in [4.69, 9.17) is 0 Å². The number of nitrogens with two attached hydrogens (primary N) is 1. The molecule has 1 unspecified atom stereocenters. The van der Waals surface area contributed by atoms with Gasteiger partial charge in [-0.1, -0.05) is 118 Å². The topological polar surface area (TPSA) is 29.3 Å². The molecule has 1 heterocycles.